The Labute approximate surface area is 208 Å². The Hall–Kier alpha value is -4.30. The van der Waals surface area contributed by atoms with Gasteiger partial charge in [-0.2, -0.15) is 23.4 Å². The largest absolute Gasteiger partial charge is 0.493 e. The van der Waals surface area contributed by atoms with Crippen molar-refractivity contribution in [2.24, 2.45) is 4.99 Å². The summed E-state index contributed by atoms with van der Waals surface area (Å²) in [5, 5.41) is 12.5. The van der Waals surface area contributed by atoms with Crippen LogP contribution in [-0.2, 0) is 17.5 Å². The van der Waals surface area contributed by atoms with E-state index in [0.717, 1.165) is 17.7 Å². The molecule has 0 saturated carbocycles. The number of amides is 1. The molecule has 1 amide bonds. The number of carbonyl (C=O) groups is 1. The van der Waals surface area contributed by atoms with Crippen molar-refractivity contribution in [3.05, 3.63) is 88.1 Å². The molecule has 0 saturated heterocycles. The first kappa shape index (κ1) is 24.8. The zero-order chi connectivity index (χ0) is 25.7. The molecule has 0 unspecified atom stereocenters. The molecule has 0 fully saturated rings. The Morgan fingerprint density at radius 3 is 2.64 bits per heavy atom. The third kappa shape index (κ3) is 5.84. The van der Waals surface area contributed by atoms with Crippen LogP contribution in [0.2, 0.25) is 0 Å². The number of rotatable bonds is 6. The Morgan fingerprint density at radius 1 is 1.14 bits per heavy atom. The van der Waals surface area contributed by atoms with Crippen molar-refractivity contribution < 1.29 is 27.4 Å². The Morgan fingerprint density at radius 2 is 1.94 bits per heavy atom. The maximum Gasteiger partial charge on any atom is 0.420 e. The summed E-state index contributed by atoms with van der Waals surface area (Å²) in [4.78, 5) is 20.7. The molecule has 4 rings (SSSR count). The number of pyridine rings is 1. The van der Waals surface area contributed by atoms with Crippen molar-refractivity contribution in [2.75, 3.05) is 7.11 Å². The van der Waals surface area contributed by atoms with E-state index in [1.807, 2.05) is 12.1 Å². The predicted molar refractivity (Wildman–Crippen MR) is 128 cm³/mol. The second kappa shape index (κ2) is 10.5. The summed E-state index contributed by atoms with van der Waals surface area (Å²) in [7, 11) is 1.35. The lowest BCUT2D eigenvalue weighted by Crippen LogP contribution is -2.18. The van der Waals surface area contributed by atoms with Crippen molar-refractivity contribution in [1.82, 2.24) is 10.3 Å². The second-order valence-electron chi connectivity index (χ2n) is 7.38. The number of nitrogens with one attached hydrogen (secondary N) is 1. The van der Waals surface area contributed by atoms with E-state index < -0.39 is 23.4 Å². The number of alkyl halides is 3. The zero-order valence-corrected chi connectivity index (χ0v) is 19.5. The maximum absolute atomic E-state index is 13.5. The van der Waals surface area contributed by atoms with E-state index in [0.29, 0.717) is 22.2 Å². The lowest BCUT2D eigenvalue weighted by atomic mass is 10.1. The Kier molecular flexibility index (Phi) is 7.26. The number of halogens is 3. The number of amidine groups is 1. The molecule has 3 aromatic rings. The first-order valence-corrected chi connectivity index (χ1v) is 11.2. The number of hydrogen-bond donors (Lipinski definition) is 1. The summed E-state index contributed by atoms with van der Waals surface area (Å²) in [5.41, 5.74) is 0.279. The normalized spacial score (nSPS) is 14.4. The highest BCUT2D eigenvalue weighted by Gasteiger charge is 2.35. The molecule has 0 aliphatic carbocycles. The molecule has 0 atom stereocenters. The quantitative estimate of drug-likeness (QED) is 0.436. The molecule has 1 N–H and O–H groups in total. The van der Waals surface area contributed by atoms with Gasteiger partial charge in [0.1, 0.15) is 5.75 Å². The molecule has 2 heterocycles. The van der Waals surface area contributed by atoms with E-state index in [2.05, 4.69) is 15.3 Å². The molecule has 0 bridgehead atoms. The minimum atomic E-state index is -4.72. The van der Waals surface area contributed by atoms with Gasteiger partial charge in [0.2, 0.25) is 0 Å². The van der Waals surface area contributed by atoms with Crippen molar-refractivity contribution in [3.63, 3.8) is 0 Å². The van der Waals surface area contributed by atoms with Crippen LogP contribution in [0, 0.1) is 11.3 Å². The summed E-state index contributed by atoms with van der Waals surface area (Å²) in [6, 6.07) is 13.0. The van der Waals surface area contributed by atoms with Crippen molar-refractivity contribution >= 4 is 28.9 Å². The average molecular weight is 510 g/mol. The minimum Gasteiger partial charge on any atom is -0.493 e. The summed E-state index contributed by atoms with van der Waals surface area (Å²) in [6.07, 6.45) is 0.254. The van der Waals surface area contributed by atoms with Gasteiger partial charge < -0.3 is 14.8 Å². The van der Waals surface area contributed by atoms with Gasteiger partial charge in [-0.15, -0.1) is 0 Å². The van der Waals surface area contributed by atoms with Crippen LogP contribution in [-0.4, -0.2) is 23.2 Å². The van der Waals surface area contributed by atoms with E-state index in [1.54, 1.807) is 30.6 Å². The molecule has 36 heavy (non-hydrogen) atoms. The molecule has 1 aromatic heterocycles. The lowest BCUT2D eigenvalue weighted by Gasteiger charge is -2.16. The fourth-order valence-corrected chi connectivity index (χ4v) is 4.01. The van der Waals surface area contributed by atoms with Crippen LogP contribution in [0.15, 0.2) is 70.8 Å². The second-order valence-corrected chi connectivity index (χ2v) is 8.41. The van der Waals surface area contributed by atoms with Crippen LogP contribution in [0.1, 0.15) is 22.3 Å². The van der Waals surface area contributed by atoms with Gasteiger partial charge in [-0.1, -0.05) is 12.1 Å². The van der Waals surface area contributed by atoms with Gasteiger partial charge >= 0.3 is 6.18 Å². The van der Waals surface area contributed by atoms with Crippen molar-refractivity contribution in [3.8, 4) is 23.3 Å². The average Bonchev–Trinajstić information content (AvgIpc) is 3.22. The van der Waals surface area contributed by atoms with Crippen molar-refractivity contribution in [1.29, 1.82) is 5.26 Å². The van der Waals surface area contributed by atoms with E-state index in [1.165, 1.54) is 37.1 Å². The molecule has 2 aromatic carbocycles. The van der Waals surface area contributed by atoms with Crippen LogP contribution >= 0.6 is 11.8 Å². The van der Waals surface area contributed by atoms with Crippen LogP contribution in [0.3, 0.4) is 0 Å². The lowest BCUT2D eigenvalue weighted by molar-refractivity contribution is -0.138. The number of ether oxygens (including phenoxy) is 2. The zero-order valence-electron chi connectivity index (χ0n) is 18.7. The molecule has 7 nitrogen and oxygen atoms in total. The Balaban J connectivity index is 1.51. The number of hydrogen-bond acceptors (Lipinski definition) is 7. The van der Waals surface area contributed by atoms with Crippen molar-refractivity contribution in [2.45, 2.75) is 12.7 Å². The first-order valence-electron chi connectivity index (χ1n) is 10.4. The molecule has 1 aliphatic rings. The standard InChI is InChI=1S/C25H17F3N4O3S/c1-34-21-10-15(11-22-23(33)32-24(36-22)31-14-17-3-2-8-30-13-17)4-7-20(21)35-19-6-5-16(12-29)9-18(19)25(26,27)28/h2-11,13H,14H2,1H3,(H,31,32,33). The van der Waals surface area contributed by atoms with Crippen LogP contribution < -0.4 is 14.8 Å². The number of aromatic nitrogens is 1. The third-order valence-corrected chi connectivity index (χ3v) is 5.85. The smallest absolute Gasteiger partial charge is 0.420 e. The summed E-state index contributed by atoms with van der Waals surface area (Å²) in [6.45, 7) is 0.454. The Bertz CT molecular complexity index is 1400. The minimum absolute atomic E-state index is 0.0373. The van der Waals surface area contributed by atoms with Gasteiger partial charge in [0.15, 0.2) is 16.7 Å². The van der Waals surface area contributed by atoms with E-state index >= 15 is 0 Å². The number of methoxy groups -OCH3 is 1. The topological polar surface area (TPSA) is 96.6 Å². The molecule has 11 heteroatoms. The van der Waals surface area contributed by atoms with Crippen LogP contribution in [0.4, 0.5) is 13.2 Å². The molecule has 0 spiro atoms. The first-order chi connectivity index (χ1) is 17.3. The predicted octanol–water partition coefficient (Wildman–Crippen LogP) is 5.53. The number of aliphatic imine (C=N–C) groups is 1. The highest BCUT2D eigenvalue weighted by atomic mass is 32.2. The fourth-order valence-electron chi connectivity index (χ4n) is 3.20. The monoisotopic (exact) mass is 510 g/mol. The molecular weight excluding hydrogens is 493 g/mol. The van der Waals surface area contributed by atoms with Gasteiger partial charge in [-0.05, 0) is 65.4 Å². The highest BCUT2D eigenvalue weighted by Crippen LogP contribution is 2.41. The maximum atomic E-state index is 13.5. The SMILES string of the molecule is COc1cc(C=C2SC(NCc3cccnc3)=NC2=O)ccc1Oc1ccc(C#N)cc1C(F)(F)F. The number of benzene rings is 2. The van der Waals surface area contributed by atoms with Gasteiger partial charge in [0.25, 0.3) is 5.91 Å². The van der Waals surface area contributed by atoms with E-state index in [9.17, 15) is 18.0 Å². The van der Waals surface area contributed by atoms with Gasteiger partial charge in [-0.25, -0.2) is 0 Å². The van der Waals surface area contributed by atoms with Crippen LogP contribution in [0.5, 0.6) is 17.2 Å². The van der Waals surface area contributed by atoms with E-state index in [-0.39, 0.29) is 17.1 Å². The van der Waals surface area contributed by atoms with Gasteiger partial charge in [0, 0.05) is 18.9 Å². The number of nitriles is 1. The molecular formula is C25H17F3N4O3S. The van der Waals surface area contributed by atoms with E-state index in [4.69, 9.17) is 14.7 Å². The summed E-state index contributed by atoms with van der Waals surface area (Å²) < 4.78 is 51.2. The fraction of sp³-hybridized carbons (Fsp3) is 0.120. The molecule has 1 aliphatic heterocycles. The molecule has 0 radical (unpaired) electrons. The highest BCUT2D eigenvalue weighted by molar-refractivity contribution is 8.18. The molecule has 182 valence electrons. The third-order valence-electron chi connectivity index (χ3n) is 4.91. The summed E-state index contributed by atoms with van der Waals surface area (Å²) in [5.74, 6) is -0.686. The summed E-state index contributed by atoms with van der Waals surface area (Å²) >= 11 is 1.17. The number of nitrogens with zero attached hydrogens (tertiary/aromatic N) is 3. The number of thioether (sulfide) groups is 1. The van der Waals surface area contributed by atoms with Gasteiger partial charge in [0.05, 0.1) is 29.2 Å². The van der Waals surface area contributed by atoms with Crippen LogP contribution in [0.25, 0.3) is 6.08 Å². The number of carbonyl (C=O) groups excluding carboxylic acids is 1. The van der Waals surface area contributed by atoms with Gasteiger partial charge in [-0.3, -0.25) is 9.78 Å².